The Morgan fingerprint density at radius 1 is 1.24 bits per heavy atom. The van der Waals surface area contributed by atoms with E-state index in [2.05, 4.69) is 10.6 Å². The Bertz CT molecular complexity index is 650. The van der Waals surface area contributed by atoms with Crippen LogP contribution in [0.1, 0.15) is 56.1 Å². The molecule has 0 aromatic heterocycles. The maximum Gasteiger partial charge on any atom is 0.242 e. The Hall–Kier alpha value is -2.04. The number of carbonyl (C=O) groups is 2. The number of nitrogens with one attached hydrogen (secondary N) is 2. The van der Waals surface area contributed by atoms with Crippen molar-refractivity contribution in [3.8, 4) is 5.75 Å². The molecule has 1 heterocycles. The van der Waals surface area contributed by atoms with E-state index in [9.17, 15) is 9.59 Å². The summed E-state index contributed by atoms with van der Waals surface area (Å²) in [6.45, 7) is 2.70. The number of amides is 2. The molecule has 1 aromatic rings. The summed E-state index contributed by atoms with van der Waals surface area (Å²) in [5.74, 6) is 0.738. The van der Waals surface area contributed by atoms with Gasteiger partial charge in [0.1, 0.15) is 11.8 Å². The predicted octanol–water partition coefficient (Wildman–Crippen LogP) is 2.60. The van der Waals surface area contributed by atoms with Crippen LogP contribution < -0.4 is 15.4 Å². The molecule has 1 saturated heterocycles. The second kappa shape index (κ2) is 7.46. The molecule has 1 aliphatic heterocycles. The zero-order valence-corrected chi connectivity index (χ0v) is 15.2. The standard InChI is InChI=1S/C20H28N2O3/c1-14-8-9-15(13-17(14)25-2)20(10-4-5-11-20)19(24)22-16-7-3-6-12-21-18(16)23/h8-9,13,16H,3-7,10-12H2,1-2H3,(H,21,23)(H,22,24). The highest BCUT2D eigenvalue weighted by Gasteiger charge is 2.44. The Kier molecular flexibility index (Phi) is 5.30. The lowest BCUT2D eigenvalue weighted by Crippen LogP contribution is -2.51. The molecule has 0 radical (unpaired) electrons. The summed E-state index contributed by atoms with van der Waals surface area (Å²) in [6, 6.07) is 5.63. The molecule has 1 aromatic carbocycles. The smallest absolute Gasteiger partial charge is 0.242 e. The summed E-state index contributed by atoms with van der Waals surface area (Å²) in [5, 5.41) is 5.95. The zero-order chi connectivity index (χ0) is 17.9. The Balaban J connectivity index is 1.86. The number of rotatable bonds is 4. The van der Waals surface area contributed by atoms with E-state index in [0.717, 1.165) is 55.4 Å². The summed E-state index contributed by atoms with van der Waals surface area (Å²) < 4.78 is 5.46. The van der Waals surface area contributed by atoms with Gasteiger partial charge in [-0.1, -0.05) is 25.0 Å². The molecule has 1 unspecified atom stereocenters. The van der Waals surface area contributed by atoms with Gasteiger partial charge in [0.15, 0.2) is 0 Å². The van der Waals surface area contributed by atoms with Crippen LogP contribution in [0.15, 0.2) is 18.2 Å². The summed E-state index contributed by atoms with van der Waals surface area (Å²) >= 11 is 0. The summed E-state index contributed by atoms with van der Waals surface area (Å²) in [7, 11) is 1.66. The number of ether oxygens (including phenoxy) is 1. The fraction of sp³-hybridized carbons (Fsp3) is 0.600. The third-order valence-corrected chi connectivity index (χ3v) is 5.69. The number of benzene rings is 1. The molecule has 5 nitrogen and oxygen atoms in total. The number of carbonyl (C=O) groups excluding carboxylic acids is 2. The van der Waals surface area contributed by atoms with Gasteiger partial charge in [0.05, 0.1) is 12.5 Å². The van der Waals surface area contributed by atoms with Crippen LogP contribution >= 0.6 is 0 Å². The van der Waals surface area contributed by atoms with Crippen molar-refractivity contribution in [1.29, 1.82) is 0 Å². The van der Waals surface area contributed by atoms with E-state index in [0.29, 0.717) is 13.0 Å². The normalized spacial score (nSPS) is 22.8. The number of aryl methyl sites for hydroxylation is 1. The largest absolute Gasteiger partial charge is 0.496 e. The van der Waals surface area contributed by atoms with E-state index in [4.69, 9.17) is 4.74 Å². The van der Waals surface area contributed by atoms with Crippen molar-refractivity contribution in [3.63, 3.8) is 0 Å². The molecule has 5 heteroatoms. The zero-order valence-electron chi connectivity index (χ0n) is 15.2. The van der Waals surface area contributed by atoms with Crippen LogP contribution in [0.25, 0.3) is 0 Å². The molecule has 0 bridgehead atoms. The van der Waals surface area contributed by atoms with Crippen molar-refractivity contribution < 1.29 is 14.3 Å². The van der Waals surface area contributed by atoms with E-state index in [1.807, 2.05) is 25.1 Å². The van der Waals surface area contributed by atoms with E-state index in [1.165, 1.54) is 0 Å². The average Bonchev–Trinajstić information content (AvgIpc) is 3.03. The maximum atomic E-state index is 13.2. The molecule has 2 fully saturated rings. The molecule has 0 spiro atoms. The van der Waals surface area contributed by atoms with Gasteiger partial charge in [0, 0.05) is 6.54 Å². The summed E-state index contributed by atoms with van der Waals surface area (Å²) in [5.41, 5.74) is 1.51. The van der Waals surface area contributed by atoms with Crippen molar-refractivity contribution in [2.75, 3.05) is 13.7 Å². The van der Waals surface area contributed by atoms with E-state index >= 15 is 0 Å². The van der Waals surface area contributed by atoms with Crippen molar-refractivity contribution in [2.45, 2.75) is 63.3 Å². The molecule has 25 heavy (non-hydrogen) atoms. The van der Waals surface area contributed by atoms with Gasteiger partial charge in [0.25, 0.3) is 0 Å². The van der Waals surface area contributed by atoms with Crippen molar-refractivity contribution in [1.82, 2.24) is 10.6 Å². The van der Waals surface area contributed by atoms with Crippen LogP contribution in [-0.4, -0.2) is 31.5 Å². The highest BCUT2D eigenvalue weighted by atomic mass is 16.5. The molecule has 136 valence electrons. The first kappa shape index (κ1) is 17.8. The van der Waals surface area contributed by atoms with E-state index in [-0.39, 0.29) is 11.8 Å². The second-order valence-electron chi connectivity index (χ2n) is 7.29. The minimum Gasteiger partial charge on any atom is -0.496 e. The van der Waals surface area contributed by atoms with Crippen LogP contribution in [0.3, 0.4) is 0 Å². The minimum atomic E-state index is -0.548. The number of hydrogen-bond donors (Lipinski definition) is 2. The topological polar surface area (TPSA) is 67.4 Å². The van der Waals surface area contributed by atoms with Gasteiger partial charge in [0.2, 0.25) is 11.8 Å². The van der Waals surface area contributed by atoms with Gasteiger partial charge in [-0.25, -0.2) is 0 Å². The predicted molar refractivity (Wildman–Crippen MR) is 96.7 cm³/mol. The number of hydrogen-bond acceptors (Lipinski definition) is 3. The summed E-state index contributed by atoms with van der Waals surface area (Å²) in [4.78, 5) is 25.5. The maximum absolute atomic E-state index is 13.2. The second-order valence-corrected chi connectivity index (χ2v) is 7.29. The molecule has 1 saturated carbocycles. The molecular formula is C20H28N2O3. The SMILES string of the molecule is COc1cc(C2(C(=O)NC3CCCCNC3=O)CCCC2)ccc1C. The van der Waals surface area contributed by atoms with Gasteiger partial charge < -0.3 is 15.4 Å². The lowest BCUT2D eigenvalue weighted by atomic mass is 9.77. The lowest BCUT2D eigenvalue weighted by Gasteiger charge is -2.30. The summed E-state index contributed by atoms with van der Waals surface area (Å²) in [6.07, 6.45) is 6.33. The van der Waals surface area contributed by atoms with Gasteiger partial charge >= 0.3 is 0 Å². The van der Waals surface area contributed by atoms with Crippen molar-refractivity contribution in [2.24, 2.45) is 0 Å². The van der Waals surface area contributed by atoms with Crippen LogP contribution in [-0.2, 0) is 15.0 Å². The third kappa shape index (κ3) is 3.51. The lowest BCUT2D eigenvalue weighted by molar-refractivity contribution is -0.132. The van der Waals surface area contributed by atoms with Crippen molar-refractivity contribution in [3.05, 3.63) is 29.3 Å². The van der Waals surface area contributed by atoms with E-state index < -0.39 is 11.5 Å². The quantitative estimate of drug-likeness (QED) is 0.882. The third-order valence-electron chi connectivity index (χ3n) is 5.69. The average molecular weight is 344 g/mol. The molecule has 1 atom stereocenters. The van der Waals surface area contributed by atoms with E-state index in [1.54, 1.807) is 7.11 Å². The molecule has 1 aliphatic carbocycles. The Morgan fingerprint density at radius 3 is 2.72 bits per heavy atom. The minimum absolute atomic E-state index is 0.0158. The first-order valence-corrected chi connectivity index (χ1v) is 9.30. The molecule has 2 aliphatic rings. The highest BCUT2D eigenvalue weighted by Crippen LogP contribution is 2.43. The Labute approximate surface area is 149 Å². The van der Waals surface area contributed by atoms with Gasteiger partial charge in [-0.15, -0.1) is 0 Å². The number of methoxy groups -OCH3 is 1. The van der Waals surface area contributed by atoms with Crippen LogP contribution in [0, 0.1) is 6.92 Å². The fourth-order valence-electron chi connectivity index (χ4n) is 4.12. The molecule has 3 rings (SSSR count). The highest BCUT2D eigenvalue weighted by molar-refractivity contribution is 5.93. The van der Waals surface area contributed by atoms with Crippen LogP contribution in [0.2, 0.25) is 0 Å². The fourth-order valence-corrected chi connectivity index (χ4v) is 4.12. The van der Waals surface area contributed by atoms with Gasteiger partial charge in [-0.3, -0.25) is 9.59 Å². The first-order chi connectivity index (χ1) is 12.1. The molecule has 2 N–H and O–H groups in total. The van der Waals surface area contributed by atoms with Crippen molar-refractivity contribution >= 4 is 11.8 Å². The molecule has 2 amide bonds. The molecular weight excluding hydrogens is 316 g/mol. The monoisotopic (exact) mass is 344 g/mol. The van der Waals surface area contributed by atoms with Crippen LogP contribution in [0.5, 0.6) is 5.75 Å². The van der Waals surface area contributed by atoms with Crippen LogP contribution in [0.4, 0.5) is 0 Å². The van der Waals surface area contributed by atoms with Gasteiger partial charge in [-0.2, -0.15) is 0 Å². The van der Waals surface area contributed by atoms with Gasteiger partial charge in [-0.05, 0) is 56.2 Å². The Morgan fingerprint density at radius 2 is 2.00 bits per heavy atom. The first-order valence-electron chi connectivity index (χ1n) is 9.30.